The first-order chi connectivity index (χ1) is 9.24. The Morgan fingerprint density at radius 1 is 1.16 bits per heavy atom. The Morgan fingerprint density at radius 3 is 2.74 bits per heavy atom. The Morgan fingerprint density at radius 2 is 2.00 bits per heavy atom. The third kappa shape index (κ3) is 3.42. The van der Waals surface area contributed by atoms with Crippen molar-refractivity contribution in [1.82, 2.24) is 9.97 Å². The van der Waals surface area contributed by atoms with Crippen LogP contribution in [-0.2, 0) is 4.74 Å². The number of rotatable bonds is 5. The van der Waals surface area contributed by atoms with Crippen molar-refractivity contribution in [1.29, 1.82) is 0 Å². The maximum atomic E-state index is 5.46. The van der Waals surface area contributed by atoms with E-state index in [4.69, 9.17) is 14.2 Å². The monoisotopic (exact) mass is 324 g/mol. The topological polar surface area (TPSA) is 53.5 Å². The van der Waals surface area contributed by atoms with E-state index >= 15 is 0 Å². The van der Waals surface area contributed by atoms with Crippen LogP contribution in [0.5, 0.6) is 11.6 Å². The predicted molar refractivity (Wildman–Crippen MR) is 74.2 cm³/mol. The number of benzene rings is 1. The lowest BCUT2D eigenvalue weighted by molar-refractivity contribution is 0.0506. The first-order valence-electron chi connectivity index (χ1n) is 5.52. The van der Waals surface area contributed by atoms with E-state index in [0.717, 1.165) is 15.7 Å². The number of methoxy groups -OCH3 is 2. The number of nitrogens with zero attached hydrogens (tertiary/aromatic N) is 2. The summed E-state index contributed by atoms with van der Waals surface area (Å²) in [4.78, 5) is 8.19. The Hall–Kier alpha value is -1.66. The molecule has 0 N–H and O–H groups in total. The summed E-state index contributed by atoms with van der Waals surface area (Å²) in [5.74, 6) is 1.21. The lowest BCUT2D eigenvalue weighted by Gasteiger charge is -2.09. The molecule has 0 fully saturated rings. The van der Waals surface area contributed by atoms with Crippen LogP contribution in [0.25, 0.3) is 11.3 Å². The minimum Gasteiger partial charge on any atom is -0.481 e. The van der Waals surface area contributed by atoms with Crippen LogP contribution in [0.3, 0.4) is 0 Å². The van der Waals surface area contributed by atoms with Crippen molar-refractivity contribution in [2.45, 2.75) is 0 Å². The molecule has 0 aliphatic carbocycles. The number of hydrogen-bond donors (Lipinski definition) is 0. The van der Waals surface area contributed by atoms with Crippen LogP contribution in [0.4, 0.5) is 0 Å². The van der Waals surface area contributed by atoms with Crippen molar-refractivity contribution < 1.29 is 14.2 Å². The van der Waals surface area contributed by atoms with E-state index in [1.54, 1.807) is 20.3 Å². The van der Waals surface area contributed by atoms with Crippen LogP contribution in [0.1, 0.15) is 0 Å². The van der Waals surface area contributed by atoms with Gasteiger partial charge in [-0.25, -0.2) is 9.97 Å². The van der Waals surface area contributed by atoms with Gasteiger partial charge in [-0.1, -0.05) is 6.07 Å². The zero-order valence-electron chi connectivity index (χ0n) is 10.6. The van der Waals surface area contributed by atoms with E-state index in [-0.39, 0.29) is 6.79 Å². The molecule has 0 atom stereocenters. The van der Waals surface area contributed by atoms with Crippen molar-refractivity contribution >= 4 is 15.9 Å². The molecule has 100 valence electrons. The number of halogens is 1. The Labute approximate surface area is 119 Å². The van der Waals surface area contributed by atoms with E-state index in [1.807, 2.05) is 18.2 Å². The van der Waals surface area contributed by atoms with Gasteiger partial charge < -0.3 is 14.2 Å². The first-order valence-corrected chi connectivity index (χ1v) is 6.31. The van der Waals surface area contributed by atoms with Gasteiger partial charge in [-0.2, -0.15) is 0 Å². The molecule has 0 bridgehead atoms. The second-order valence-electron chi connectivity index (χ2n) is 3.64. The lowest BCUT2D eigenvalue weighted by Crippen LogP contribution is -1.99. The molecule has 0 saturated heterocycles. The van der Waals surface area contributed by atoms with Gasteiger partial charge in [0.1, 0.15) is 12.1 Å². The van der Waals surface area contributed by atoms with Crippen molar-refractivity contribution in [3.63, 3.8) is 0 Å². The molecule has 0 saturated carbocycles. The van der Waals surface area contributed by atoms with Crippen molar-refractivity contribution in [3.8, 4) is 22.9 Å². The zero-order valence-corrected chi connectivity index (χ0v) is 12.2. The smallest absolute Gasteiger partial charge is 0.216 e. The minimum atomic E-state index is 0.190. The first kappa shape index (κ1) is 13.8. The molecule has 0 amide bonds. The third-order valence-corrected chi connectivity index (χ3v) is 3.07. The molecule has 6 heteroatoms. The van der Waals surface area contributed by atoms with Gasteiger partial charge in [0, 0.05) is 18.7 Å². The summed E-state index contributed by atoms with van der Waals surface area (Å²) < 4.78 is 16.3. The van der Waals surface area contributed by atoms with Gasteiger partial charge >= 0.3 is 0 Å². The van der Waals surface area contributed by atoms with E-state index in [0.29, 0.717) is 11.6 Å². The molecule has 19 heavy (non-hydrogen) atoms. The molecule has 0 aliphatic heterocycles. The number of aromatic nitrogens is 2. The summed E-state index contributed by atoms with van der Waals surface area (Å²) in [5, 5.41) is 0. The van der Waals surface area contributed by atoms with Crippen LogP contribution >= 0.6 is 15.9 Å². The summed E-state index contributed by atoms with van der Waals surface area (Å²) in [6.07, 6.45) is 1.46. The van der Waals surface area contributed by atoms with Crippen molar-refractivity contribution in [2.24, 2.45) is 0 Å². The van der Waals surface area contributed by atoms with Gasteiger partial charge in [0.15, 0.2) is 6.79 Å². The summed E-state index contributed by atoms with van der Waals surface area (Å²) in [6, 6.07) is 7.48. The van der Waals surface area contributed by atoms with Crippen molar-refractivity contribution in [3.05, 3.63) is 35.1 Å². The number of ether oxygens (including phenoxy) is 3. The van der Waals surface area contributed by atoms with Gasteiger partial charge in [-0.3, -0.25) is 0 Å². The molecule has 0 aliphatic rings. The van der Waals surface area contributed by atoms with E-state index in [1.165, 1.54) is 6.33 Å². The molecule has 1 aromatic heterocycles. The normalized spacial score (nSPS) is 10.3. The van der Waals surface area contributed by atoms with Gasteiger partial charge in [0.2, 0.25) is 5.88 Å². The van der Waals surface area contributed by atoms with Crippen LogP contribution in [0.2, 0.25) is 0 Å². The highest BCUT2D eigenvalue weighted by molar-refractivity contribution is 9.10. The fraction of sp³-hybridized carbons (Fsp3) is 0.231. The Bertz CT molecular complexity index is 563. The fourth-order valence-electron chi connectivity index (χ4n) is 1.50. The maximum Gasteiger partial charge on any atom is 0.216 e. The minimum absolute atomic E-state index is 0.190. The van der Waals surface area contributed by atoms with Gasteiger partial charge in [-0.15, -0.1) is 0 Å². The fourth-order valence-corrected chi connectivity index (χ4v) is 1.87. The molecular weight excluding hydrogens is 312 g/mol. The second-order valence-corrected chi connectivity index (χ2v) is 4.50. The summed E-state index contributed by atoms with van der Waals surface area (Å²) in [6.45, 7) is 0.190. The number of hydrogen-bond acceptors (Lipinski definition) is 5. The van der Waals surface area contributed by atoms with E-state index < -0.39 is 0 Å². The maximum absolute atomic E-state index is 5.46. The SMILES string of the molecule is COCOc1cc(-c2cc(OC)ncn2)ccc1Br. The molecule has 0 spiro atoms. The third-order valence-electron chi connectivity index (χ3n) is 2.41. The zero-order chi connectivity index (χ0) is 13.7. The highest BCUT2D eigenvalue weighted by Crippen LogP contribution is 2.30. The van der Waals surface area contributed by atoms with E-state index in [9.17, 15) is 0 Å². The van der Waals surface area contributed by atoms with Crippen LogP contribution < -0.4 is 9.47 Å². The van der Waals surface area contributed by atoms with Crippen LogP contribution in [0, 0.1) is 0 Å². The predicted octanol–water partition coefficient (Wildman–Crippen LogP) is 2.90. The molecule has 0 radical (unpaired) electrons. The largest absolute Gasteiger partial charge is 0.481 e. The Balaban J connectivity index is 2.33. The van der Waals surface area contributed by atoms with Gasteiger partial charge in [0.25, 0.3) is 0 Å². The van der Waals surface area contributed by atoms with Crippen molar-refractivity contribution in [2.75, 3.05) is 21.0 Å². The second kappa shape index (κ2) is 6.49. The van der Waals surface area contributed by atoms with Crippen LogP contribution in [-0.4, -0.2) is 31.0 Å². The highest BCUT2D eigenvalue weighted by Gasteiger charge is 2.07. The van der Waals surface area contributed by atoms with Gasteiger partial charge in [0.05, 0.1) is 17.3 Å². The van der Waals surface area contributed by atoms with Gasteiger partial charge in [-0.05, 0) is 28.1 Å². The molecule has 2 rings (SSSR count). The average molecular weight is 325 g/mol. The molecule has 0 unspecified atom stereocenters. The standard InChI is InChI=1S/C13H13BrN2O3/c1-17-8-19-12-5-9(3-4-10(12)14)11-6-13(18-2)16-7-15-11/h3-7H,8H2,1-2H3. The highest BCUT2D eigenvalue weighted by atomic mass is 79.9. The Kier molecular flexibility index (Phi) is 4.70. The molecule has 2 aromatic rings. The summed E-state index contributed by atoms with van der Waals surface area (Å²) >= 11 is 3.42. The quantitative estimate of drug-likeness (QED) is 0.791. The van der Waals surface area contributed by atoms with E-state index in [2.05, 4.69) is 25.9 Å². The van der Waals surface area contributed by atoms with Crippen LogP contribution in [0.15, 0.2) is 35.1 Å². The average Bonchev–Trinajstić information content (AvgIpc) is 2.46. The summed E-state index contributed by atoms with van der Waals surface area (Å²) in [5.41, 5.74) is 1.68. The molecule has 1 aromatic carbocycles. The molecule has 1 heterocycles. The molecule has 5 nitrogen and oxygen atoms in total. The lowest BCUT2D eigenvalue weighted by atomic mass is 10.1. The molecular formula is C13H13BrN2O3. The summed E-state index contributed by atoms with van der Waals surface area (Å²) in [7, 11) is 3.15.